The van der Waals surface area contributed by atoms with Crippen LogP contribution in [0.1, 0.15) is 21.7 Å². The molecule has 3 aromatic rings. The normalized spacial score (nSPS) is 10.7. The molecule has 2 aromatic heterocycles. The average molecular weight is 313 g/mol. The molecule has 0 aliphatic heterocycles. The van der Waals surface area contributed by atoms with Crippen LogP contribution in [0.15, 0.2) is 42.7 Å². The summed E-state index contributed by atoms with van der Waals surface area (Å²) in [5.74, 6) is -0.576. The van der Waals surface area contributed by atoms with Crippen molar-refractivity contribution in [2.24, 2.45) is 7.05 Å². The molecule has 23 heavy (non-hydrogen) atoms. The Balaban J connectivity index is 1.68. The summed E-state index contributed by atoms with van der Waals surface area (Å²) in [7, 11) is 1.78. The summed E-state index contributed by atoms with van der Waals surface area (Å²) in [6, 6.07) is 8.04. The monoisotopic (exact) mass is 313 g/mol. The minimum Gasteiger partial charge on any atom is -0.318 e. The van der Waals surface area contributed by atoms with Gasteiger partial charge in [0.25, 0.3) is 5.91 Å². The lowest BCUT2D eigenvalue weighted by molar-refractivity contribution is 0.102. The molecular formula is C16H16FN5O. The predicted molar refractivity (Wildman–Crippen MR) is 83.6 cm³/mol. The molecule has 0 saturated carbocycles. The van der Waals surface area contributed by atoms with Crippen molar-refractivity contribution in [3.05, 3.63) is 65.5 Å². The second-order valence-electron chi connectivity index (χ2n) is 5.31. The van der Waals surface area contributed by atoms with Crippen LogP contribution in [0.3, 0.4) is 0 Å². The molecule has 2 heterocycles. The Morgan fingerprint density at radius 1 is 1.35 bits per heavy atom. The molecule has 0 aliphatic rings. The zero-order chi connectivity index (χ0) is 16.4. The maximum atomic E-state index is 13.2. The van der Waals surface area contributed by atoms with E-state index in [0.717, 1.165) is 11.3 Å². The number of hydrogen-bond donors (Lipinski definition) is 1. The number of amides is 1. The van der Waals surface area contributed by atoms with Crippen LogP contribution in [0, 0.1) is 12.7 Å². The van der Waals surface area contributed by atoms with Gasteiger partial charge in [0, 0.05) is 18.9 Å². The van der Waals surface area contributed by atoms with E-state index in [9.17, 15) is 9.18 Å². The van der Waals surface area contributed by atoms with Gasteiger partial charge in [-0.15, -0.1) is 0 Å². The molecule has 1 amide bonds. The molecule has 0 unspecified atom stereocenters. The largest absolute Gasteiger partial charge is 0.318 e. The van der Waals surface area contributed by atoms with Gasteiger partial charge < -0.3 is 5.32 Å². The Labute approximate surface area is 132 Å². The highest BCUT2D eigenvalue weighted by atomic mass is 19.1. The molecule has 7 heteroatoms. The van der Waals surface area contributed by atoms with Crippen LogP contribution >= 0.6 is 0 Å². The molecule has 1 aromatic carbocycles. The van der Waals surface area contributed by atoms with Crippen molar-refractivity contribution < 1.29 is 9.18 Å². The molecule has 1 N–H and O–H groups in total. The second-order valence-corrected chi connectivity index (χ2v) is 5.31. The summed E-state index contributed by atoms with van der Waals surface area (Å²) < 4.78 is 16.4. The number of nitrogens with one attached hydrogen (secondary N) is 1. The molecule has 0 radical (unpaired) electrons. The van der Waals surface area contributed by atoms with E-state index in [1.54, 1.807) is 40.9 Å². The number of rotatable bonds is 4. The number of aromatic nitrogens is 4. The van der Waals surface area contributed by atoms with Gasteiger partial charge in [0.2, 0.25) is 0 Å². The number of halogens is 1. The second kappa shape index (κ2) is 6.04. The Bertz CT molecular complexity index is 832. The molecule has 0 saturated heterocycles. The van der Waals surface area contributed by atoms with Crippen molar-refractivity contribution in [2.45, 2.75) is 13.5 Å². The highest BCUT2D eigenvalue weighted by Crippen LogP contribution is 2.11. The van der Waals surface area contributed by atoms with E-state index in [1.807, 2.05) is 13.0 Å². The zero-order valence-electron chi connectivity index (χ0n) is 12.8. The van der Waals surface area contributed by atoms with Crippen LogP contribution in [-0.4, -0.2) is 25.5 Å². The van der Waals surface area contributed by atoms with Crippen molar-refractivity contribution in [3.8, 4) is 0 Å². The lowest BCUT2D eigenvalue weighted by atomic mass is 10.2. The van der Waals surface area contributed by atoms with E-state index in [-0.39, 0.29) is 11.7 Å². The highest BCUT2D eigenvalue weighted by Gasteiger charge is 2.12. The number of benzene rings is 1. The molecule has 118 valence electrons. The van der Waals surface area contributed by atoms with Gasteiger partial charge in [0.1, 0.15) is 5.82 Å². The summed E-state index contributed by atoms with van der Waals surface area (Å²) in [6.45, 7) is 2.30. The first-order valence-corrected chi connectivity index (χ1v) is 7.10. The third kappa shape index (κ3) is 3.45. The number of aryl methyl sites for hydroxylation is 2. The van der Waals surface area contributed by atoms with Gasteiger partial charge in [-0.25, -0.2) is 4.39 Å². The Hall–Kier alpha value is -2.96. The maximum absolute atomic E-state index is 13.2. The summed E-state index contributed by atoms with van der Waals surface area (Å²) in [4.78, 5) is 12.1. The predicted octanol–water partition coefficient (Wildman–Crippen LogP) is 2.36. The molecule has 0 aliphatic carbocycles. The Morgan fingerprint density at radius 3 is 2.87 bits per heavy atom. The third-order valence-electron chi connectivity index (χ3n) is 3.47. The number of carbonyl (C=O) groups excluding carboxylic acids is 1. The van der Waals surface area contributed by atoms with Gasteiger partial charge >= 0.3 is 0 Å². The van der Waals surface area contributed by atoms with Crippen molar-refractivity contribution >= 4 is 11.6 Å². The van der Waals surface area contributed by atoms with E-state index >= 15 is 0 Å². The van der Waals surface area contributed by atoms with Gasteiger partial charge in [0.15, 0.2) is 5.69 Å². The van der Waals surface area contributed by atoms with Crippen molar-refractivity contribution in [2.75, 3.05) is 5.32 Å². The van der Waals surface area contributed by atoms with Crippen molar-refractivity contribution in [1.29, 1.82) is 0 Å². The van der Waals surface area contributed by atoms with Crippen LogP contribution in [-0.2, 0) is 13.6 Å². The summed E-state index contributed by atoms with van der Waals surface area (Å²) >= 11 is 0. The van der Waals surface area contributed by atoms with Crippen LogP contribution in [0.25, 0.3) is 0 Å². The molecule has 0 fully saturated rings. The minimum atomic E-state index is -0.293. The maximum Gasteiger partial charge on any atom is 0.276 e. The van der Waals surface area contributed by atoms with Crippen LogP contribution in [0.4, 0.5) is 10.1 Å². The summed E-state index contributed by atoms with van der Waals surface area (Å²) in [5, 5.41) is 11.0. The molecule has 0 spiro atoms. The van der Waals surface area contributed by atoms with E-state index in [0.29, 0.717) is 17.9 Å². The van der Waals surface area contributed by atoms with E-state index in [1.165, 1.54) is 12.1 Å². The van der Waals surface area contributed by atoms with Crippen molar-refractivity contribution in [1.82, 2.24) is 19.6 Å². The third-order valence-corrected chi connectivity index (χ3v) is 3.47. The zero-order valence-corrected chi connectivity index (χ0v) is 12.8. The molecule has 3 rings (SSSR count). The van der Waals surface area contributed by atoms with Gasteiger partial charge in [-0.05, 0) is 30.7 Å². The molecular weight excluding hydrogens is 297 g/mol. The summed E-state index contributed by atoms with van der Waals surface area (Å²) in [5.41, 5.74) is 2.61. The van der Waals surface area contributed by atoms with Crippen LogP contribution in [0.5, 0.6) is 0 Å². The van der Waals surface area contributed by atoms with Crippen molar-refractivity contribution in [3.63, 3.8) is 0 Å². The summed E-state index contributed by atoms with van der Waals surface area (Å²) in [6.07, 6.45) is 3.24. The first-order valence-electron chi connectivity index (χ1n) is 7.10. The first kappa shape index (κ1) is 15.0. The number of anilines is 1. The topological polar surface area (TPSA) is 64.7 Å². The number of carbonyl (C=O) groups is 1. The van der Waals surface area contributed by atoms with E-state index in [4.69, 9.17) is 0 Å². The van der Waals surface area contributed by atoms with Gasteiger partial charge in [-0.1, -0.05) is 12.1 Å². The highest BCUT2D eigenvalue weighted by molar-refractivity contribution is 6.02. The van der Waals surface area contributed by atoms with E-state index in [2.05, 4.69) is 15.5 Å². The lowest BCUT2D eigenvalue weighted by Crippen LogP contribution is -2.12. The fourth-order valence-corrected chi connectivity index (χ4v) is 2.20. The number of hydrogen-bond acceptors (Lipinski definition) is 3. The fourth-order valence-electron chi connectivity index (χ4n) is 2.20. The van der Waals surface area contributed by atoms with Gasteiger partial charge in [0.05, 0.1) is 18.4 Å². The smallest absolute Gasteiger partial charge is 0.276 e. The Morgan fingerprint density at radius 2 is 2.17 bits per heavy atom. The Kier molecular flexibility index (Phi) is 3.92. The van der Waals surface area contributed by atoms with Gasteiger partial charge in [-0.3, -0.25) is 14.2 Å². The number of nitrogens with zero attached hydrogens (tertiary/aromatic N) is 4. The lowest BCUT2D eigenvalue weighted by Gasteiger charge is -2.02. The quantitative estimate of drug-likeness (QED) is 0.804. The van der Waals surface area contributed by atoms with Crippen LogP contribution < -0.4 is 5.32 Å². The molecule has 0 atom stereocenters. The van der Waals surface area contributed by atoms with Crippen LogP contribution in [0.2, 0.25) is 0 Å². The SMILES string of the molecule is Cc1cc(C(=O)Nc2cnn(Cc3cccc(F)c3)c2)nn1C. The molecule has 0 bridgehead atoms. The standard InChI is InChI=1S/C16H16FN5O/c1-11-6-15(20-21(11)2)16(23)19-14-8-18-22(10-14)9-12-4-3-5-13(17)7-12/h3-8,10H,9H2,1-2H3,(H,19,23). The first-order chi connectivity index (χ1) is 11.0. The van der Waals surface area contributed by atoms with Gasteiger partial charge in [-0.2, -0.15) is 10.2 Å². The minimum absolute atomic E-state index is 0.284. The fraction of sp³-hybridized carbons (Fsp3) is 0.188. The average Bonchev–Trinajstić information content (AvgIpc) is 3.06. The van der Waals surface area contributed by atoms with E-state index < -0.39 is 0 Å². The molecule has 6 nitrogen and oxygen atoms in total.